The van der Waals surface area contributed by atoms with Crippen LogP contribution in [0, 0.1) is 0 Å². The molecule has 0 aromatic carbocycles. The van der Waals surface area contributed by atoms with E-state index in [1.165, 1.54) is 7.05 Å². The number of hydrogen-bond acceptors (Lipinski definition) is 8. The summed E-state index contributed by atoms with van der Waals surface area (Å²) in [7, 11) is -1.87. The number of aromatic nitrogens is 3. The van der Waals surface area contributed by atoms with Gasteiger partial charge in [0.2, 0.25) is 27.9 Å². The number of hydrogen-bond donors (Lipinski definition) is 3. The van der Waals surface area contributed by atoms with Crippen LogP contribution >= 0.6 is 0 Å². The molecule has 1 aromatic heterocycles. The lowest BCUT2D eigenvalue weighted by atomic mass is 10.4. The number of nitrogens with one attached hydrogen (secondary N) is 2. The molecule has 1 saturated heterocycles. The third-order valence-electron chi connectivity index (χ3n) is 2.99. The molecule has 1 aliphatic rings. The first-order valence-electron chi connectivity index (χ1n) is 6.42. The minimum Gasteiger partial charge on any atom is -0.368 e. The van der Waals surface area contributed by atoms with Crippen LogP contribution in [0.2, 0.25) is 0 Å². The lowest BCUT2D eigenvalue weighted by Crippen LogP contribution is -2.27. The van der Waals surface area contributed by atoms with E-state index in [2.05, 4.69) is 25.0 Å². The van der Waals surface area contributed by atoms with Crippen LogP contribution in [0.15, 0.2) is 0 Å². The van der Waals surface area contributed by atoms with E-state index in [0.717, 1.165) is 25.9 Å². The summed E-state index contributed by atoms with van der Waals surface area (Å²) in [5, 5.41) is 2.85. The van der Waals surface area contributed by atoms with Crippen molar-refractivity contribution in [3.05, 3.63) is 0 Å². The molecule has 0 bridgehead atoms. The third kappa shape index (κ3) is 3.90. The largest absolute Gasteiger partial charge is 0.368 e. The zero-order valence-electron chi connectivity index (χ0n) is 11.3. The van der Waals surface area contributed by atoms with Crippen molar-refractivity contribution in [3.8, 4) is 0 Å². The van der Waals surface area contributed by atoms with Crippen molar-refractivity contribution in [1.82, 2.24) is 19.7 Å². The second kappa shape index (κ2) is 6.18. The van der Waals surface area contributed by atoms with E-state index in [0.29, 0.717) is 11.9 Å². The molecule has 1 aromatic rings. The molecule has 0 atom stereocenters. The van der Waals surface area contributed by atoms with Crippen molar-refractivity contribution in [2.24, 2.45) is 0 Å². The third-order valence-corrected chi connectivity index (χ3v) is 4.36. The van der Waals surface area contributed by atoms with E-state index >= 15 is 0 Å². The van der Waals surface area contributed by atoms with Gasteiger partial charge < -0.3 is 16.0 Å². The molecule has 10 heteroatoms. The van der Waals surface area contributed by atoms with Gasteiger partial charge in [0.1, 0.15) is 0 Å². The Labute approximate surface area is 118 Å². The Balaban J connectivity index is 2.01. The van der Waals surface area contributed by atoms with E-state index in [1.54, 1.807) is 0 Å². The van der Waals surface area contributed by atoms with Crippen LogP contribution in [0.5, 0.6) is 0 Å². The highest BCUT2D eigenvalue weighted by Gasteiger charge is 2.17. The highest BCUT2D eigenvalue weighted by atomic mass is 32.2. The number of anilines is 3. The van der Waals surface area contributed by atoms with Crippen molar-refractivity contribution < 1.29 is 8.42 Å². The van der Waals surface area contributed by atoms with Gasteiger partial charge in [-0.05, 0) is 19.9 Å². The highest BCUT2D eigenvalue weighted by molar-refractivity contribution is 7.89. The molecule has 0 unspecified atom stereocenters. The summed E-state index contributed by atoms with van der Waals surface area (Å²) in [6.07, 6.45) is 2.21. The van der Waals surface area contributed by atoms with E-state index in [-0.39, 0.29) is 18.2 Å². The standard InChI is InChI=1S/C10H19N7O2S/c1-12-20(18,19)7-4-13-9-14-8(11)15-10(16-9)17-5-2-3-6-17/h12H,2-7H2,1H3,(H3,11,13,14,15,16). The number of nitrogens with zero attached hydrogens (tertiary/aromatic N) is 4. The first kappa shape index (κ1) is 14.7. The predicted octanol–water partition coefficient (Wildman–Crippen LogP) is -0.985. The Morgan fingerprint density at radius 3 is 2.60 bits per heavy atom. The van der Waals surface area contributed by atoms with E-state index in [4.69, 9.17) is 5.73 Å². The quantitative estimate of drug-likeness (QED) is 0.611. The van der Waals surface area contributed by atoms with Crippen LogP contribution < -0.4 is 20.7 Å². The first-order valence-corrected chi connectivity index (χ1v) is 8.07. The second-order valence-corrected chi connectivity index (χ2v) is 6.51. The Hall–Kier alpha value is -1.68. The molecule has 0 radical (unpaired) electrons. The Morgan fingerprint density at radius 2 is 1.95 bits per heavy atom. The molecule has 2 heterocycles. The summed E-state index contributed by atoms with van der Waals surface area (Å²) in [5.41, 5.74) is 5.65. The lowest BCUT2D eigenvalue weighted by molar-refractivity contribution is 0.588. The highest BCUT2D eigenvalue weighted by Crippen LogP contribution is 2.17. The van der Waals surface area contributed by atoms with Gasteiger partial charge in [0, 0.05) is 19.6 Å². The van der Waals surface area contributed by atoms with Gasteiger partial charge in [-0.25, -0.2) is 13.1 Å². The fraction of sp³-hybridized carbons (Fsp3) is 0.700. The summed E-state index contributed by atoms with van der Waals surface area (Å²) in [4.78, 5) is 14.3. The predicted molar refractivity (Wildman–Crippen MR) is 77.0 cm³/mol. The number of sulfonamides is 1. The van der Waals surface area contributed by atoms with Crippen LogP contribution in [-0.2, 0) is 10.0 Å². The first-order chi connectivity index (χ1) is 9.50. The molecular formula is C10H19N7O2S. The van der Waals surface area contributed by atoms with Gasteiger partial charge in [0.05, 0.1) is 5.75 Å². The maximum Gasteiger partial charge on any atom is 0.231 e. The normalized spacial score (nSPS) is 15.6. The smallest absolute Gasteiger partial charge is 0.231 e. The molecule has 0 spiro atoms. The molecule has 9 nitrogen and oxygen atoms in total. The summed E-state index contributed by atoms with van der Waals surface area (Å²) < 4.78 is 24.8. The van der Waals surface area contributed by atoms with Gasteiger partial charge in [-0.1, -0.05) is 0 Å². The number of nitrogen functional groups attached to an aromatic ring is 1. The fourth-order valence-electron chi connectivity index (χ4n) is 1.92. The van der Waals surface area contributed by atoms with Crippen LogP contribution in [0.25, 0.3) is 0 Å². The van der Waals surface area contributed by atoms with Gasteiger partial charge in [-0.3, -0.25) is 0 Å². The van der Waals surface area contributed by atoms with E-state index < -0.39 is 10.0 Å². The van der Waals surface area contributed by atoms with E-state index in [1.807, 2.05) is 4.90 Å². The van der Waals surface area contributed by atoms with Gasteiger partial charge in [0.25, 0.3) is 0 Å². The Kier molecular flexibility index (Phi) is 4.55. The van der Waals surface area contributed by atoms with Crippen molar-refractivity contribution in [1.29, 1.82) is 0 Å². The molecule has 2 rings (SSSR count). The van der Waals surface area contributed by atoms with Crippen molar-refractivity contribution in [2.45, 2.75) is 12.8 Å². The van der Waals surface area contributed by atoms with Gasteiger partial charge in [-0.15, -0.1) is 0 Å². The van der Waals surface area contributed by atoms with Crippen LogP contribution in [0.3, 0.4) is 0 Å². The summed E-state index contributed by atoms with van der Waals surface area (Å²) >= 11 is 0. The monoisotopic (exact) mass is 301 g/mol. The number of rotatable bonds is 6. The second-order valence-electron chi connectivity index (χ2n) is 4.46. The van der Waals surface area contributed by atoms with Crippen LogP contribution in [-0.4, -0.2) is 55.8 Å². The lowest BCUT2D eigenvalue weighted by Gasteiger charge is -2.16. The molecule has 1 fully saturated rings. The summed E-state index contributed by atoms with van der Waals surface area (Å²) in [6, 6.07) is 0. The van der Waals surface area contributed by atoms with Gasteiger partial charge in [0.15, 0.2) is 0 Å². The summed E-state index contributed by atoms with van der Waals surface area (Å²) in [5.74, 6) is 0.897. The topological polar surface area (TPSA) is 126 Å². The van der Waals surface area contributed by atoms with Crippen molar-refractivity contribution >= 4 is 27.9 Å². The minimum atomic E-state index is -3.25. The van der Waals surface area contributed by atoms with E-state index in [9.17, 15) is 8.42 Å². The van der Waals surface area contributed by atoms with Gasteiger partial charge in [-0.2, -0.15) is 15.0 Å². The number of nitrogens with two attached hydrogens (primary N) is 1. The molecule has 4 N–H and O–H groups in total. The molecule has 0 amide bonds. The molecular weight excluding hydrogens is 282 g/mol. The van der Waals surface area contributed by atoms with Crippen LogP contribution in [0.1, 0.15) is 12.8 Å². The Bertz CT molecular complexity index is 557. The molecule has 0 saturated carbocycles. The fourth-order valence-corrected chi connectivity index (χ4v) is 2.49. The maximum absolute atomic E-state index is 11.3. The summed E-state index contributed by atoms with van der Waals surface area (Å²) in [6.45, 7) is 2.00. The van der Waals surface area contributed by atoms with Gasteiger partial charge >= 0.3 is 0 Å². The minimum absolute atomic E-state index is 0.0614. The zero-order chi connectivity index (χ0) is 14.6. The molecule has 1 aliphatic heterocycles. The molecule has 112 valence electrons. The Morgan fingerprint density at radius 1 is 1.25 bits per heavy atom. The maximum atomic E-state index is 11.3. The zero-order valence-corrected chi connectivity index (χ0v) is 12.2. The SMILES string of the molecule is CNS(=O)(=O)CCNc1nc(N)nc(N2CCCC2)n1. The average Bonchev–Trinajstić information content (AvgIpc) is 2.92. The average molecular weight is 301 g/mol. The van der Waals surface area contributed by atoms with Crippen molar-refractivity contribution in [2.75, 3.05) is 48.4 Å². The van der Waals surface area contributed by atoms with Crippen molar-refractivity contribution in [3.63, 3.8) is 0 Å². The molecule has 20 heavy (non-hydrogen) atoms. The van der Waals surface area contributed by atoms with Crippen LogP contribution in [0.4, 0.5) is 17.8 Å². The molecule has 0 aliphatic carbocycles.